The van der Waals surface area contributed by atoms with Crippen LogP contribution in [0, 0.1) is 5.92 Å². The minimum Gasteiger partial charge on any atom is -0.469 e. The van der Waals surface area contributed by atoms with Crippen LogP contribution in [0.1, 0.15) is 44.3 Å². The molecule has 2 fully saturated rings. The van der Waals surface area contributed by atoms with Gasteiger partial charge in [-0.2, -0.15) is 13.2 Å². The fourth-order valence-corrected chi connectivity index (χ4v) is 3.70. The van der Waals surface area contributed by atoms with Gasteiger partial charge in [-0.25, -0.2) is 0 Å². The van der Waals surface area contributed by atoms with Crippen molar-refractivity contribution in [3.05, 3.63) is 24.2 Å². The third-order valence-corrected chi connectivity index (χ3v) is 5.20. The van der Waals surface area contributed by atoms with Crippen LogP contribution < -0.4 is 10.6 Å². The normalized spacial score (nSPS) is 26.9. The zero-order chi connectivity index (χ0) is 19.1. The summed E-state index contributed by atoms with van der Waals surface area (Å²) in [5.74, 6) is 0.187. The van der Waals surface area contributed by atoms with E-state index in [1.165, 1.54) is 0 Å². The highest BCUT2D eigenvalue weighted by atomic mass is 19.4. The van der Waals surface area contributed by atoms with Gasteiger partial charge in [-0.05, 0) is 44.2 Å². The van der Waals surface area contributed by atoms with Crippen LogP contribution in [0.4, 0.5) is 13.2 Å². The van der Waals surface area contributed by atoms with Crippen molar-refractivity contribution < 1.29 is 22.3 Å². The van der Waals surface area contributed by atoms with Gasteiger partial charge in [0.25, 0.3) is 0 Å². The SMILES string of the molecule is FC(F)(F)C1CCCC(NC(=NCC2CCCO2)NCCc2ccco2)C1. The van der Waals surface area contributed by atoms with E-state index in [-0.39, 0.29) is 25.0 Å². The molecule has 0 amide bonds. The molecule has 2 aliphatic rings. The lowest BCUT2D eigenvalue weighted by Gasteiger charge is -2.32. The molecule has 2 N–H and O–H groups in total. The molecule has 3 rings (SSSR count). The van der Waals surface area contributed by atoms with Crippen molar-refractivity contribution in [2.75, 3.05) is 19.7 Å². The zero-order valence-electron chi connectivity index (χ0n) is 15.4. The minimum absolute atomic E-state index is 0.0995. The second-order valence-corrected chi connectivity index (χ2v) is 7.33. The first-order chi connectivity index (χ1) is 13.0. The second-order valence-electron chi connectivity index (χ2n) is 7.33. The van der Waals surface area contributed by atoms with E-state index < -0.39 is 12.1 Å². The standard InChI is InChI=1S/C19H28F3N3O2/c20-19(21,22)14-4-1-5-15(12-14)25-18(24-13-17-7-3-11-27-17)23-9-8-16-6-2-10-26-16/h2,6,10,14-15,17H,1,3-5,7-9,11-13H2,(H2,23,24,25). The number of halogens is 3. The Hall–Kier alpha value is -1.70. The van der Waals surface area contributed by atoms with E-state index in [1.807, 2.05) is 12.1 Å². The molecule has 0 aromatic carbocycles. The maximum absolute atomic E-state index is 13.1. The minimum atomic E-state index is -4.12. The van der Waals surface area contributed by atoms with E-state index in [2.05, 4.69) is 15.6 Å². The Morgan fingerprint density at radius 1 is 1.22 bits per heavy atom. The lowest BCUT2D eigenvalue weighted by Crippen LogP contribution is -2.47. The Balaban J connectivity index is 1.55. The molecule has 2 heterocycles. The summed E-state index contributed by atoms with van der Waals surface area (Å²) in [6, 6.07) is 3.51. The Morgan fingerprint density at radius 2 is 2.11 bits per heavy atom. The Morgan fingerprint density at radius 3 is 2.81 bits per heavy atom. The topological polar surface area (TPSA) is 58.8 Å². The summed E-state index contributed by atoms with van der Waals surface area (Å²) in [5.41, 5.74) is 0. The third kappa shape index (κ3) is 6.45. The summed E-state index contributed by atoms with van der Waals surface area (Å²) >= 11 is 0. The molecular weight excluding hydrogens is 359 g/mol. The highest BCUT2D eigenvalue weighted by Gasteiger charge is 2.42. The number of rotatable bonds is 6. The molecular formula is C19H28F3N3O2. The van der Waals surface area contributed by atoms with Crippen molar-refractivity contribution in [3.8, 4) is 0 Å². The quantitative estimate of drug-likeness (QED) is 0.578. The van der Waals surface area contributed by atoms with E-state index in [0.29, 0.717) is 31.9 Å². The van der Waals surface area contributed by atoms with Crippen molar-refractivity contribution in [3.63, 3.8) is 0 Å². The summed E-state index contributed by atoms with van der Waals surface area (Å²) in [6.07, 6.45) is 1.91. The third-order valence-electron chi connectivity index (χ3n) is 5.20. The van der Waals surface area contributed by atoms with E-state index >= 15 is 0 Å². The molecule has 0 radical (unpaired) electrons. The number of alkyl halides is 3. The van der Waals surface area contributed by atoms with E-state index in [9.17, 15) is 13.2 Å². The monoisotopic (exact) mass is 387 g/mol. The second kappa shape index (κ2) is 9.48. The average Bonchev–Trinajstić information content (AvgIpc) is 3.33. The summed E-state index contributed by atoms with van der Waals surface area (Å²) < 4.78 is 50.1. The number of guanidine groups is 1. The van der Waals surface area contributed by atoms with E-state index in [1.54, 1.807) is 6.26 Å². The van der Waals surface area contributed by atoms with E-state index in [0.717, 1.165) is 31.6 Å². The Labute approximate surface area is 157 Å². The fourth-order valence-electron chi connectivity index (χ4n) is 3.70. The van der Waals surface area contributed by atoms with Crippen molar-refractivity contribution in [2.45, 2.75) is 63.3 Å². The maximum Gasteiger partial charge on any atom is 0.391 e. The molecule has 3 unspecified atom stereocenters. The fraction of sp³-hybridized carbons (Fsp3) is 0.737. The number of ether oxygens (including phenoxy) is 1. The number of hydrogen-bond donors (Lipinski definition) is 2. The summed E-state index contributed by atoms with van der Waals surface area (Å²) in [7, 11) is 0. The number of hydrogen-bond acceptors (Lipinski definition) is 3. The molecule has 1 aliphatic heterocycles. The highest BCUT2D eigenvalue weighted by molar-refractivity contribution is 5.80. The molecule has 5 nitrogen and oxygen atoms in total. The van der Waals surface area contributed by atoms with Gasteiger partial charge in [0.05, 0.1) is 24.8 Å². The lowest BCUT2D eigenvalue weighted by molar-refractivity contribution is -0.183. The van der Waals surface area contributed by atoms with Crippen LogP contribution in [0.3, 0.4) is 0 Å². The average molecular weight is 387 g/mol. The molecule has 1 aliphatic carbocycles. The van der Waals surface area contributed by atoms with Gasteiger partial charge in [0.2, 0.25) is 0 Å². The predicted molar refractivity (Wildman–Crippen MR) is 96.6 cm³/mol. The number of aliphatic imine (C=N–C) groups is 1. The van der Waals surface area contributed by atoms with Crippen LogP contribution >= 0.6 is 0 Å². The van der Waals surface area contributed by atoms with Gasteiger partial charge in [-0.1, -0.05) is 6.42 Å². The Bertz CT molecular complexity index is 584. The van der Waals surface area contributed by atoms with Gasteiger partial charge in [0.1, 0.15) is 5.76 Å². The van der Waals surface area contributed by atoms with Crippen LogP contribution in [0.25, 0.3) is 0 Å². The summed E-state index contributed by atoms with van der Waals surface area (Å²) in [6.45, 7) is 1.87. The molecule has 8 heteroatoms. The summed E-state index contributed by atoms with van der Waals surface area (Å²) in [5, 5.41) is 6.44. The molecule has 0 spiro atoms. The van der Waals surface area contributed by atoms with Crippen LogP contribution in [-0.2, 0) is 11.2 Å². The maximum atomic E-state index is 13.1. The van der Waals surface area contributed by atoms with Gasteiger partial charge in [0, 0.05) is 25.6 Å². The van der Waals surface area contributed by atoms with Crippen LogP contribution in [-0.4, -0.2) is 44.0 Å². The number of furan rings is 1. The van der Waals surface area contributed by atoms with Crippen LogP contribution in [0.15, 0.2) is 27.8 Å². The molecule has 0 bridgehead atoms. The van der Waals surface area contributed by atoms with Crippen LogP contribution in [0.5, 0.6) is 0 Å². The van der Waals surface area contributed by atoms with Crippen molar-refractivity contribution in [1.29, 1.82) is 0 Å². The lowest BCUT2D eigenvalue weighted by atomic mass is 9.85. The highest BCUT2D eigenvalue weighted by Crippen LogP contribution is 2.37. The van der Waals surface area contributed by atoms with Gasteiger partial charge in [-0.3, -0.25) is 4.99 Å². The van der Waals surface area contributed by atoms with E-state index in [4.69, 9.17) is 9.15 Å². The van der Waals surface area contributed by atoms with Gasteiger partial charge in [-0.15, -0.1) is 0 Å². The molecule has 152 valence electrons. The molecule has 1 aromatic heterocycles. The number of nitrogens with zero attached hydrogens (tertiary/aromatic N) is 1. The van der Waals surface area contributed by atoms with Crippen molar-refractivity contribution in [1.82, 2.24) is 10.6 Å². The van der Waals surface area contributed by atoms with Crippen molar-refractivity contribution in [2.24, 2.45) is 10.9 Å². The van der Waals surface area contributed by atoms with Gasteiger partial charge in [0.15, 0.2) is 5.96 Å². The summed E-state index contributed by atoms with van der Waals surface area (Å²) in [4.78, 5) is 4.56. The van der Waals surface area contributed by atoms with Gasteiger partial charge >= 0.3 is 6.18 Å². The molecule has 27 heavy (non-hydrogen) atoms. The molecule has 1 saturated carbocycles. The Kier molecular flexibility index (Phi) is 7.04. The molecule has 1 saturated heterocycles. The molecule has 3 atom stereocenters. The first-order valence-electron chi connectivity index (χ1n) is 9.76. The number of nitrogens with one attached hydrogen (secondary N) is 2. The first-order valence-corrected chi connectivity index (χ1v) is 9.76. The predicted octanol–water partition coefficient (Wildman–Crippen LogP) is 3.66. The zero-order valence-corrected chi connectivity index (χ0v) is 15.4. The first kappa shape index (κ1) is 20.0. The molecule has 1 aromatic rings. The van der Waals surface area contributed by atoms with Crippen molar-refractivity contribution >= 4 is 5.96 Å². The largest absolute Gasteiger partial charge is 0.469 e. The van der Waals surface area contributed by atoms with Crippen LogP contribution in [0.2, 0.25) is 0 Å². The smallest absolute Gasteiger partial charge is 0.391 e. The van der Waals surface area contributed by atoms with Gasteiger partial charge < -0.3 is 19.8 Å².